The summed E-state index contributed by atoms with van der Waals surface area (Å²) in [5, 5.41) is 13.2. The Morgan fingerprint density at radius 2 is 2.07 bits per heavy atom. The van der Waals surface area contributed by atoms with E-state index in [-0.39, 0.29) is 6.54 Å². The molecule has 0 aliphatic carbocycles. The van der Waals surface area contributed by atoms with Crippen molar-refractivity contribution in [2.75, 3.05) is 26.2 Å². The molecule has 0 saturated carbocycles. The van der Waals surface area contributed by atoms with Gasteiger partial charge < -0.3 is 9.63 Å². The van der Waals surface area contributed by atoms with Crippen molar-refractivity contribution in [3.63, 3.8) is 0 Å². The van der Waals surface area contributed by atoms with Gasteiger partial charge >= 0.3 is 5.97 Å². The second kappa shape index (κ2) is 9.10. The maximum absolute atomic E-state index is 11.0. The number of carboxylic acid groups (broad SMARTS) is 1. The molecular weight excluding hydrogens is 344 g/mol. The van der Waals surface area contributed by atoms with Gasteiger partial charge in [-0.25, -0.2) is 0 Å². The van der Waals surface area contributed by atoms with Crippen LogP contribution in [0.1, 0.15) is 42.6 Å². The van der Waals surface area contributed by atoms with Crippen LogP contribution in [0.4, 0.5) is 0 Å². The smallest absolute Gasteiger partial charge is 0.317 e. The van der Waals surface area contributed by atoms with E-state index in [9.17, 15) is 4.79 Å². The van der Waals surface area contributed by atoms with Crippen LogP contribution in [0.25, 0.3) is 0 Å². The van der Waals surface area contributed by atoms with Gasteiger partial charge in [0.25, 0.3) is 0 Å². The average molecular weight is 372 g/mol. The number of aromatic nitrogens is 2. The fourth-order valence-electron chi connectivity index (χ4n) is 3.71. The largest absolute Gasteiger partial charge is 0.480 e. The Labute approximate surface area is 160 Å². The van der Waals surface area contributed by atoms with E-state index < -0.39 is 5.97 Å². The highest BCUT2D eigenvalue weighted by Crippen LogP contribution is 2.18. The predicted molar refractivity (Wildman–Crippen MR) is 101 cm³/mol. The summed E-state index contributed by atoms with van der Waals surface area (Å²) in [6.45, 7) is 7.47. The lowest BCUT2D eigenvalue weighted by molar-refractivity contribution is -0.139. The summed E-state index contributed by atoms with van der Waals surface area (Å²) in [6, 6.07) is 8.57. The number of likely N-dealkylation sites (N-methyl/N-ethyl adjacent to an activating group) is 1. The minimum atomic E-state index is -0.758. The van der Waals surface area contributed by atoms with Crippen molar-refractivity contribution in [3.8, 4) is 0 Å². The van der Waals surface area contributed by atoms with Crippen LogP contribution in [-0.4, -0.2) is 63.2 Å². The highest BCUT2D eigenvalue weighted by atomic mass is 16.5. The van der Waals surface area contributed by atoms with Gasteiger partial charge in [-0.3, -0.25) is 14.6 Å². The summed E-state index contributed by atoms with van der Waals surface area (Å²) in [6.07, 6.45) is 2.61. The standard InChI is InChI=1S/C20H28N4O3/c1-3-24(14-20(25)26)17-8-10-23(11-9-17)13-19-21-18(22-27-19)12-16-7-5-4-6-15(16)2/h4-7,17H,3,8-14H2,1-2H3,(H,25,26). The molecule has 1 aliphatic rings. The van der Waals surface area contributed by atoms with Crippen molar-refractivity contribution in [3.05, 3.63) is 47.1 Å². The molecule has 27 heavy (non-hydrogen) atoms. The molecule has 1 fully saturated rings. The summed E-state index contributed by atoms with van der Waals surface area (Å²) in [7, 11) is 0. The van der Waals surface area contributed by atoms with Crippen LogP contribution in [0.5, 0.6) is 0 Å². The molecule has 1 aromatic heterocycles. The van der Waals surface area contributed by atoms with Gasteiger partial charge in [-0.2, -0.15) is 4.98 Å². The molecule has 146 valence electrons. The van der Waals surface area contributed by atoms with Gasteiger partial charge in [-0.05, 0) is 37.4 Å². The van der Waals surface area contributed by atoms with Crippen molar-refractivity contribution >= 4 is 5.97 Å². The van der Waals surface area contributed by atoms with Crippen LogP contribution in [0.15, 0.2) is 28.8 Å². The summed E-state index contributed by atoms with van der Waals surface area (Å²) in [5.41, 5.74) is 2.44. The Morgan fingerprint density at radius 3 is 2.74 bits per heavy atom. The SMILES string of the molecule is CCN(CC(=O)O)C1CCN(Cc2nc(Cc3ccccc3C)no2)CC1. The molecule has 0 atom stereocenters. The van der Waals surface area contributed by atoms with E-state index in [0.717, 1.165) is 32.5 Å². The lowest BCUT2D eigenvalue weighted by atomic mass is 10.0. The van der Waals surface area contributed by atoms with Gasteiger partial charge in [0, 0.05) is 25.6 Å². The Morgan fingerprint density at radius 1 is 1.33 bits per heavy atom. The van der Waals surface area contributed by atoms with Crippen LogP contribution in [-0.2, 0) is 17.8 Å². The van der Waals surface area contributed by atoms with Crippen molar-refractivity contribution in [1.82, 2.24) is 19.9 Å². The molecule has 1 saturated heterocycles. The number of aliphatic carboxylic acids is 1. The zero-order valence-electron chi connectivity index (χ0n) is 16.1. The maximum Gasteiger partial charge on any atom is 0.317 e. The number of nitrogens with zero attached hydrogens (tertiary/aromatic N) is 4. The summed E-state index contributed by atoms with van der Waals surface area (Å²) < 4.78 is 5.44. The van der Waals surface area contributed by atoms with Gasteiger partial charge in [0.15, 0.2) is 5.82 Å². The van der Waals surface area contributed by atoms with Crippen LogP contribution < -0.4 is 0 Å². The summed E-state index contributed by atoms with van der Waals surface area (Å²) in [4.78, 5) is 19.9. The highest BCUT2D eigenvalue weighted by Gasteiger charge is 2.25. The zero-order chi connectivity index (χ0) is 19.2. The normalized spacial score (nSPS) is 16.1. The van der Waals surface area contributed by atoms with Crippen LogP contribution in [0.3, 0.4) is 0 Å². The van der Waals surface area contributed by atoms with Crippen molar-refractivity contribution in [2.45, 2.75) is 45.7 Å². The Kier molecular flexibility index (Phi) is 6.58. The zero-order valence-corrected chi connectivity index (χ0v) is 16.1. The van der Waals surface area contributed by atoms with E-state index in [4.69, 9.17) is 9.63 Å². The van der Waals surface area contributed by atoms with Crippen molar-refractivity contribution < 1.29 is 14.4 Å². The second-order valence-electron chi connectivity index (χ2n) is 7.17. The van der Waals surface area contributed by atoms with Crippen molar-refractivity contribution in [2.24, 2.45) is 0 Å². The number of piperidine rings is 1. The van der Waals surface area contributed by atoms with Crippen LogP contribution >= 0.6 is 0 Å². The molecule has 7 heteroatoms. The third-order valence-corrected chi connectivity index (χ3v) is 5.30. The van der Waals surface area contributed by atoms with Crippen LogP contribution in [0.2, 0.25) is 0 Å². The molecule has 3 rings (SSSR count). The lowest BCUT2D eigenvalue weighted by Crippen LogP contribution is -2.46. The molecule has 0 unspecified atom stereocenters. The quantitative estimate of drug-likeness (QED) is 0.761. The molecule has 1 aromatic carbocycles. The number of carbonyl (C=O) groups is 1. The van der Waals surface area contributed by atoms with Gasteiger partial charge in [0.05, 0.1) is 13.1 Å². The Balaban J connectivity index is 1.50. The first-order valence-electron chi connectivity index (χ1n) is 9.59. The molecule has 0 radical (unpaired) electrons. The Hall–Kier alpha value is -2.25. The maximum atomic E-state index is 11.0. The Bertz CT molecular complexity index is 753. The number of carboxylic acids is 1. The molecule has 7 nitrogen and oxygen atoms in total. The van der Waals surface area contributed by atoms with E-state index in [1.54, 1.807) is 0 Å². The fraction of sp³-hybridized carbons (Fsp3) is 0.550. The summed E-state index contributed by atoms with van der Waals surface area (Å²) in [5.74, 6) is 0.606. The average Bonchev–Trinajstić information content (AvgIpc) is 3.09. The van der Waals surface area contributed by atoms with E-state index in [0.29, 0.717) is 30.7 Å². The summed E-state index contributed by atoms with van der Waals surface area (Å²) >= 11 is 0. The number of aryl methyl sites for hydroxylation is 1. The molecule has 0 bridgehead atoms. The van der Waals surface area contributed by atoms with Crippen LogP contribution in [0, 0.1) is 6.92 Å². The van der Waals surface area contributed by atoms with E-state index in [2.05, 4.69) is 34.1 Å². The van der Waals surface area contributed by atoms with Gasteiger partial charge in [-0.1, -0.05) is 36.3 Å². The fourth-order valence-corrected chi connectivity index (χ4v) is 3.71. The monoisotopic (exact) mass is 372 g/mol. The van der Waals surface area contributed by atoms with Crippen molar-refractivity contribution in [1.29, 1.82) is 0 Å². The molecule has 1 N–H and O–H groups in total. The molecule has 2 heterocycles. The minimum Gasteiger partial charge on any atom is -0.480 e. The predicted octanol–water partition coefficient (Wildman–Crippen LogP) is 2.34. The minimum absolute atomic E-state index is 0.118. The number of hydrogen-bond donors (Lipinski definition) is 1. The molecular formula is C20H28N4O3. The number of rotatable bonds is 8. The topological polar surface area (TPSA) is 82.7 Å². The van der Waals surface area contributed by atoms with E-state index >= 15 is 0 Å². The molecule has 0 amide bonds. The third kappa shape index (κ3) is 5.37. The first kappa shape index (κ1) is 19.5. The molecule has 0 spiro atoms. The van der Waals surface area contributed by atoms with E-state index in [1.807, 2.05) is 24.0 Å². The number of benzene rings is 1. The molecule has 1 aliphatic heterocycles. The number of hydrogen-bond acceptors (Lipinski definition) is 6. The number of likely N-dealkylation sites (tertiary alicyclic amines) is 1. The highest BCUT2D eigenvalue weighted by molar-refractivity contribution is 5.69. The lowest BCUT2D eigenvalue weighted by Gasteiger charge is -2.36. The van der Waals surface area contributed by atoms with Gasteiger partial charge in [-0.15, -0.1) is 0 Å². The third-order valence-electron chi connectivity index (χ3n) is 5.30. The second-order valence-corrected chi connectivity index (χ2v) is 7.17. The van der Waals surface area contributed by atoms with Gasteiger partial charge in [0.2, 0.25) is 5.89 Å². The first-order valence-corrected chi connectivity index (χ1v) is 9.59. The van der Waals surface area contributed by atoms with E-state index in [1.165, 1.54) is 11.1 Å². The first-order chi connectivity index (χ1) is 13.0. The molecule has 2 aromatic rings. The van der Waals surface area contributed by atoms with Gasteiger partial charge in [0.1, 0.15) is 0 Å².